The number of nitrogens with zero attached hydrogens (tertiary/aromatic N) is 1. The van der Waals surface area contributed by atoms with Gasteiger partial charge in [0.1, 0.15) is 5.69 Å². The molecule has 0 aromatic carbocycles. The highest BCUT2D eigenvalue weighted by Gasteiger charge is 2.32. The zero-order chi connectivity index (χ0) is 12.1. The van der Waals surface area contributed by atoms with Crippen LogP contribution in [0.15, 0.2) is 12.3 Å². The molecular weight excluding hydrogens is 205 g/mol. The quantitative estimate of drug-likeness (QED) is 0.788. The number of hydrogen-bond donors (Lipinski definition) is 1. The minimum absolute atomic E-state index is 0.143. The van der Waals surface area contributed by atoms with Gasteiger partial charge in [0.15, 0.2) is 0 Å². The number of nitrogens with two attached hydrogens (primary N) is 1. The topological polar surface area (TPSA) is 38.9 Å². The minimum Gasteiger partial charge on any atom is -0.398 e. The average Bonchev–Trinajstić information content (AvgIpc) is 2.19. The third-order valence-electron chi connectivity index (χ3n) is 1.69. The van der Waals surface area contributed by atoms with Gasteiger partial charge in [0.25, 0.3) is 0 Å². The Labute approximate surface area is 87.3 Å². The van der Waals surface area contributed by atoms with Gasteiger partial charge >= 0.3 is 6.18 Å². The molecule has 0 bridgehead atoms. The fourth-order valence-corrected chi connectivity index (χ4v) is 0.950. The Morgan fingerprint density at radius 2 is 1.87 bits per heavy atom. The van der Waals surface area contributed by atoms with Crippen LogP contribution in [0.1, 0.15) is 32.0 Å². The molecule has 2 N–H and O–H groups in total. The van der Waals surface area contributed by atoms with Crippen LogP contribution in [0, 0.1) is 0 Å². The Morgan fingerprint density at radius 1 is 1.33 bits per heavy atom. The number of nitrogen functional groups attached to an aromatic ring is 1. The van der Waals surface area contributed by atoms with E-state index in [-0.39, 0.29) is 5.69 Å². The molecule has 0 fully saturated rings. The van der Waals surface area contributed by atoms with E-state index in [1.807, 2.05) is 13.8 Å². The van der Waals surface area contributed by atoms with E-state index in [9.17, 15) is 13.2 Å². The molecule has 15 heavy (non-hydrogen) atoms. The lowest BCUT2D eigenvalue weighted by atomic mass is 10.1. The van der Waals surface area contributed by atoms with Crippen molar-refractivity contribution in [2.24, 2.45) is 0 Å². The maximum absolute atomic E-state index is 12.1. The second-order valence-corrected chi connectivity index (χ2v) is 2.62. The Balaban J connectivity index is 0.000000921. The highest BCUT2D eigenvalue weighted by molar-refractivity contribution is 5.46. The summed E-state index contributed by atoms with van der Waals surface area (Å²) in [5.74, 6) is 0. The number of aryl methyl sites for hydroxylation is 1. The number of alkyl halides is 3. The summed E-state index contributed by atoms with van der Waals surface area (Å²) in [6, 6.07) is 0.860. The zero-order valence-electron chi connectivity index (χ0n) is 9.02. The number of rotatable bonds is 1. The van der Waals surface area contributed by atoms with E-state index in [0.717, 1.165) is 12.3 Å². The number of aromatic nitrogens is 1. The van der Waals surface area contributed by atoms with Crippen LogP contribution in [0.4, 0.5) is 18.9 Å². The van der Waals surface area contributed by atoms with Gasteiger partial charge in [-0.15, -0.1) is 0 Å². The fourth-order valence-electron chi connectivity index (χ4n) is 0.950. The number of halogens is 3. The molecular formula is C10H15F3N2. The molecule has 2 nitrogen and oxygen atoms in total. The summed E-state index contributed by atoms with van der Waals surface area (Å²) in [5.41, 5.74) is 5.22. The molecule has 0 saturated carbocycles. The number of hydrogen-bond acceptors (Lipinski definition) is 2. The number of pyridine rings is 1. The molecule has 86 valence electrons. The first-order valence-electron chi connectivity index (χ1n) is 4.76. The fraction of sp³-hybridized carbons (Fsp3) is 0.500. The van der Waals surface area contributed by atoms with Gasteiger partial charge in [0, 0.05) is 11.9 Å². The Morgan fingerprint density at radius 3 is 2.20 bits per heavy atom. The van der Waals surface area contributed by atoms with E-state index < -0.39 is 11.9 Å². The van der Waals surface area contributed by atoms with Crippen LogP contribution in [0.3, 0.4) is 0 Å². The summed E-state index contributed by atoms with van der Waals surface area (Å²) in [5, 5.41) is 0. The second kappa shape index (κ2) is 5.58. The van der Waals surface area contributed by atoms with Gasteiger partial charge in [-0.2, -0.15) is 13.2 Å². The van der Waals surface area contributed by atoms with Crippen LogP contribution >= 0.6 is 0 Å². The first-order chi connectivity index (χ1) is 6.95. The summed E-state index contributed by atoms with van der Waals surface area (Å²) in [6.07, 6.45) is -2.67. The van der Waals surface area contributed by atoms with E-state index in [0.29, 0.717) is 12.0 Å². The zero-order valence-corrected chi connectivity index (χ0v) is 9.02. The molecule has 5 heteroatoms. The monoisotopic (exact) mass is 220 g/mol. The molecule has 0 aliphatic rings. The van der Waals surface area contributed by atoms with Crippen molar-refractivity contribution < 1.29 is 13.2 Å². The minimum atomic E-state index is -4.42. The lowest BCUT2D eigenvalue weighted by Crippen LogP contribution is -2.09. The summed E-state index contributed by atoms with van der Waals surface area (Å²) in [4.78, 5) is 3.28. The first kappa shape index (κ1) is 13.7. The van der Waals surface area contributed by atoms with Crippen molar-refractivity contribution in [3.05, 3.63) is 23.5 Å². The maximum atomic E-state index is 12.1. The van der Waals surface area contributed by atoms with E-state index in [1.54, 1.807) is 6.92 Å². The van der Waals surface area contributed by atoms with Gasteiger partial charge < -0.3 is 5.73 Å². The van der Waals surface area contributed by atoms with Crippen molar-refractivity contribution >= 4 is 5.69 Å². The molecule has 0 atom stereocenters. The lowest BCUT2D eigenvalue weighted by Gasteiger charge is -2.08. The van der Waals surface area contributed by atoms with Gasteiger partial charge in [-0.3, -0.25) is 4.98 Å². The summed E-state index contributed by atoms with van der Waals surface area (Å²) in [6.45, 7) is 5.81. The molecule has 1 aromatic rings. The third-order valence-corrected chi connectivity index (χ3v) is 1.69. The Kier molecular flexibility index (Phi) is 5.11. The van der Waals surface area contributed by atoms with Crippen molar-refractivity contribution in [2.75, 3.05) is 5.73 Å². The van der Waals surface area contributed by atoms with Crippen molar-refractivity contribution in [3.63, 3.8) is 0 Å². The predicted octanol–water partition coefficient (Wildman–Crippen LogP) is 3.27. The summed E-state index contributed by atoms with van der Waals surface area (Å²) in [7, 11) is 0. The molecule has 1 aromatic heterocycles. The van der Waals surface area contributed by atoms with Crippen molar-refractivity contribution in [1.82, 2.24) is 4.98 Å². The van der Waals surface area contributed by atoms with E-state index >= 15 is 0 Å². The Bertz CT molecular complexity index is 308. The third kappa shape index (κ3) is 3.77. The van der Waals surface area contributed by atoms with Gasteiger partial charge in [0.05, 0.1) is 0 Å². The summed E-state index contributed by atoms with van der Waals surface area (Å²) < 4.78 is 36.3. The SMILES string of the molecule is CC.CCc1cnc(C(F)(F)F)cc1N. The van der Waals surface area contributed by atoms with Crippen LogP contribution < -0.4 is 5.73 Å². The average molecular weight is 220 g/mol. The molecule has 0 amide bonds. The normalized spacial score (nSPS) is 10.5. The van der Waals surface area contributed by atoms with Gasteiger partial charge in [-0.25, -0.2) is 0 Å². The van der Waals surface area contributed by atoms with Crippen LogP contribution in [0.5, 0.6) is 0 Å². The number of anilines is 1. The summed E-state index contributed by atoms with van der Waals surface area (Å²) >= 11 is 0. The van der Waals surface area contributed by atoms with Crippen molar-refractivity contribution in [1.29, 1.82) is 0 Å². The molecule has 0 radical (unpaired) electrons. The van der Waals surface area contributed by atoms with E-state index in [4.69, 9.17) is 5.73 Å². The molecule has 1 heterocycles. The van der Waals surface area contributed by atoms with Gasteiger partial charge in [-0.1, -0.05) is 20.8 Å². The second-order valence-electron chi connectivity index (χ2n) is 2.62. The van der Waals surface area contributed by atoms with Crippen LogP contribution in [0.2, 0.25) is 0 Å². The van der Waals surface area contributed by atoms with Crippen LogP contribution in [-0.2, 0) is 12.6 Å². The molecule has 1 rings (SSSR count). The Hall–Kier alpha value is -1.26. The van der Waals surface area contributed by atoms with Gasteiger partial charge in [-0.05, 0) is 18.1 Å². The first-order valence-corrected chi connectivity index (χ1v) is 4.76. The maximum Gasteiger partial charge on any atom is 0.433 e. The highest BCUT2D eigenvalue weighted by atomic mass is 19.4. The molecule has 0 aliphatic carbocycles. The lowest BCUT2D eigenvalue weighted by molar-refractivity contribution is -0.141. The van der Waals surface area contributed by atoms with Crippen molar-refractivity contribution in [2.45, 2.75) is 33.4 Å². The van der Waals surface area contributed by atoms with Crippen LogP contribution in [-0.4, -0.2) is 4.98 Å². The molecule has 0 aliphatic heterocycles. The molecule has 0 spiro atoms. The largest absolute Gasteiger partial charge is 0.433 e. The van der Waals surface area contributed by atoms with Crippen molar-refractivity contribution in [3.8, 4) is 0 Å². The smallest absolute Gasteiger partial charge is 0.398 e. The van der Waals surface area contributed by atoms with Crippen LogP contribution in [0.25, 0.3) is 0 Å². The molecule has 0 unspecified atom stereocenters. The molecule has 0 saturated heterocycles. The van der Waals surface area contributed by atoms with E-state index in [1.165, 1.54) is 0 Å². The predicted molar refractivity (Wildman–Crippen MR) is 54.4 cm³/mol. The van der Waals surface area contributed by atoms with Gasteiger partial charge in [0.2, 0.25) is 0 Å². The standard InChI is InChI=1S/C8H9F3N2.C2H6/c1-2-5-4-13-7(3-6(5)12)8(9,10)11;1-2/h3-4H,2H2,1H3,(H2,12,13);1-2H3. The van der Waals surface area contributed by atoms with E-state index in [2.05, 4.69) is 4.98 Å². The highest BCUT2D eigenvalue weighted by Crippen LogP contribution is 2.29.